The first-order valence-corrected chi connectivity index (χ1v) is 11.7. The number of alkyl halides is 1. The summed E-state index contributed by atoms with van der Waals surface area (Å²) in [7, 11) is 1.47. The molecule has 4 rings (SSSR count). The van der Waals surface area contributed by atoms with Crippen molar-refractivity contribution in [2.24, 2.45) is 5.92 Å². The Kier molecular flexibility index (Phi) is 7.35. The number of piperidine rings is 1. The fourth-order valence-electron chi connectivity index (χ4n) is 5.71. The second-order valence-corrected chi connectivity index (χ2v) is 9.91. The molecule has 2 N–H and O–H groups in total. The Labute approximate surface area is 179 Å². The fraction of sp³-hybridized carbons (Fsp3) is 0.952. The van der Waals surface area contributed by atoms with E-state index in [1.807, 2.05) is 0 Å². The van der Waals surface area contributed by atoms with Crippen molar-refractivity contribution < 1.29 is 19.4 Å². The van der Waals surface area contributed by atoms with Crippen LogP contribution in [0.25, 0.3) is 0 Å². The molecule has 166 valence electrons. The molecule has 0 bridgehead atoms. The molecule has 4 fully saturated rings. The number of nitrogens with zero attached hydrogens (tertiary/aromatic N) is 2. The standard InChI is InChI=1S/C21H36ClN3O4/c1-28-21(27)19-8-18-20(11-24(19)10-16-6-7-17(12-26)29-16)25(13-23-18)9-14-2-4-15(22)5-3-14/h14-20,23,26H,2-13H2,1H3/t14?,15?,16?,17?,18?,19-,20?/m1/s1. The quantitative estimate of drug-likeness (QED) is 0.485. The molecule has 0 spiro atoms. The van der Waals surface area contributed by atoms with Gasteiger partial charge in [-0.2, -0.15) is 0 Å². The minimum atomic E-state index is -0.225. The molecule has 1 saturated carbocycles. The van der Waals surface area contributed by atoms with Crippen molar-refractivity contribution in [3.05, 3.63) is 0 Å². The Morgan fingerprint density at radius 1 is 1.14 bits per heavy atom. The highest BCUT2D eigenvalue weighted by Crippen LogP contribution is 2.32. The van der Waals surface area contributed by atoms with E-state index in [2.05, 4.69) is 15.1 Å². The molecule has 0 aromatic rings. The molecular formula is C21H36ClN3O4. The number of halogens is 1. The van der Waals surface area contributed by atoms with Crippen molar-refractivity contribution in [3.63, 3.8) is 0 Å². The zero-order valence-corrected chi connectivity index (χ0v) is 18.2. The van der Waals surface area contributed by atoms with Gasteiger partial charge in [-0.15, -0.1) is 11.6 Å². The van der Waals surface area contributed by atoms with Gasteiger partial charge in [0.2, 0.25) is 0 Å². The SMILES string of the molecule is COC(=O)[C@H]1CC2NCN(CC3CCC(Cl)CC3)C2CN1CC1CCC(CO)O1. The lowest BCUT2D eigenvalue weighted by molar-refractivity contribution is -0.150. The van der Waals surface area contributed by atoms with Crippen LogP contribution in [0.1, 0.15) is 44.9 Å². The van der Waals surface area contributed by atoms with E-state index in [0.717, 1.165) is 64.3 Å². The van der Waals surface area contributed by atoms with E-state index in [-0.39, 0.29) is 30.8 Å². The number of esters is 1. The van der Waals surface area contributed by atoms with Crippen molar-refractivity contribution in [1.82, 2.24) is 15.1 Å². The second kappa shape index (κ2) is 9.79. The highest BCUT2D eigenvalue weighted by molar-refractivity contribution is 6.20. The molecule has 4 unspecified atom stereocenters. The number of hydrogen-bond acceptors (Lipinski definition) is 7. The largest absolute Gasteiger partial charge is 0.468 e. The molecule has 0 aromatic carbocycles. The molecule has 3 saturated heterocycles. The summed E-state index contributed by atoms with van der Waals surface area (Å²) in [6.07, 6.45) is 7.32. The van der Waals surface area contributed by atoms with Gasteiger partial charge in [0.25, 0.3) is 0 Å². The van der Waals surface area contributed by atoms with Crippen molar-refractivity contribution in [1.29, 1.82) is 0 Å². The predicted octanol–water partition coefficient (Wildman–Crippen LogP) is 1.17. The van der Waals surface area contributed by atoms with E-state index in [1.54, 1.807) is 0 Å². The molecule has 29 heavy (non-hydrogen) atoms. The fourth-order valence-corrected chi connectivity index (χ4v) is 5.96. The van der Waals surface area contributed by atoms with Crippen molar-refractivity contribution in [3.8, 4) is 0 Å². The molecule has 3 aliphatic heterocycles. The van der Waals surface area contributed by atoms with Crippen LogP contribution in [-0.4, -0.2) is 96.6 Å². The maximum atomic E-state index is 12.5. The van der Waals surface area contributed by atoms with Gasteiger partial charge in [0.05, 0.1) is 25.9 Å². The minimum Gasteiger partial charge on any atom is -0.468 e. The number of methoxy groups -OCH3 is 1. The first-order valence-electron chi connectivity index (χ1n) is 11.3. The lowest BCUT2D eigenvalue weighted by Gasteiger charge is -2.43. The number of rotatable bonds is 6. The molecule has 0 aromatic heterocycles. The molecule has 7 nitrogen and oxygen atoms in total. The minimum absolute atomic E-state index is 0.0594. The van der Waals surface area contributed by atoms with E-state index < -0.39 is 0 Å². The number of fused-ring (bicyclic) bond motifs is 1. The first-order chi connectivity index (χ1) is 14.1. The van der Waals surface area contributed by atoms with Gasteiger partial charge >= 0.3 is 5.97 Å². The zero-order valence-electron chi connectivity index (χ0n) is 17.5. The Bertz CT molecular complexity index is 560. The van der Waals surface area contributed by atoms with Crippen molar-refractivity contribution >= 4 is 17.6 Å². The smallest absolute Gasteiger partial charge is 0.323 e. The number of ether oxygens (including phenoxy) is 2. The number of carbonyl (C=O) groups is 1. The van der Waals surface area contributed by atoms with Crippen LogP contribution in [0.5, 0.6) is 0 Å². The van der Waals surface area contributed by atoms with Gasteiger partial charge < -0.3 is 14.6 Å². The van der Waals surface area contributed by atoms with Gasteiger partial charge in [0.15, 0.2) is 0 Å². The maximum absolute atomic E-state index is 12.5. The van der Waals surface area contributed by atoms with E-state index in [9.17, 15) is 9.90 Å². The average Bonchev–Trinajstić information content (AvgIpc) is 3.35. The number of aliphatic hydroxyl groups excluding tert-OH is 1. The number of nitrogens with one attached hydrogen (secondary N) is 1. The molecule has 0 radical (unpaired) electrons. The molecule has 5 atom stereocenters. The Balaban J connectivity index is 1.39. The third-order valence-corrected chi connectivity index (χ3v) is 7.85. The third-order valence-electron chi connectivity index (χ3n) is 7.41. The van der Waals surface area contributed by atoms with Gasteiger partial charge in [0.1, 0.15) is 6.04 Å². The van der Waals surface area contributed by atoms with Crippen molar-refractivity contribution in [2.45, 2.75) is 80.7 Å². The summed E-state index contributed by atoms with van der Waals surface area (Å²) in [5.41, 5.74) is 0. The predicted molar refractivity (Wildman–Crippen MR) is 111 cm³/mol. The van der Waals surface area contributed by atoms with E-state index in [4.69, 9.17) is 21.1 Å². The van der Waals surface area contributed by atoms with Gasteiger partial charge in [-0.1, -0.05) is 0 Å². The summed E-state index contributed by atoms with van der Waals surface area (Å²) in [5, 5.41) is 13.4. The molecule has 8 heteroatoms. The number of carbonyl (C=O) groups excluding carboxylic acids is 1. The maximum Gasteiger partial charge on any atom is 0.323 e. The van der Waals surface area contributed by atoms with Crippen LogP contribution < -0.4 is 5.32 Å². The summed E-state index contributed by atoms with van der Waals surface area (Å²) in [4.78, 5) is 17.3. The molecular weight excluding hydrogens is 394 g/mol. The number of aliphatic hydroxyl groups is 1. The van der Waals surface area contributed by atoms with Crippen LogP contribution in [0.15, 0.2) is 0 Å². The van der Waals surface area contributed by atoms with Gasteiger partial charge in [-0.05, 0) is 50.9 Å². The first kappa shape index (κ1) is 21.8. The topological polar surface area (TPSA) is 74.3 Å². The van der Waals surface area contributed by atoms with E-state index in [1.165, 1.54) is 20.0 Å². The molecule has 4 aliphatic rings. The van der Waals surface area contributed by atoms with Crippen LogP contribution in [0, 0.1) is 5.92 Å². The number of likely N-dealkylation sites (tertiary alicyclic amines) is 1. The van der Waals surface area contributed by atoms with Crippen LogP contribution >= 0.6 is 11.6 Å². The molecule has 3 heterocycles. The summed E-state index contributed by atoms with van der Waals surface area (Å²) >= 11 is 6.29. The van der Waals surface area contributed by atoms with Crippen molar-refractivity contribution in [2.75, 3.05) is 40.0 Å². The monoisotopic (exact) mass is 429 g/mol. The summed E-state index contributed by atoms with van der Waals surface area (Å²) in [6, 6.07) is 0.520. The summed E-state index contributed by atoms with van der Waals surface area (Å²) < 4.78 is 11.1. The highest BCUT2D eigenvalue weighted by Gasteiger charge is 2.46. The highest BCUT2D eigenvalue weighted by atomic mass is 35.5. The van der Waals surface area contributed by atoms with E-state index >= 15 is 0 Å². The van der Waals surface area contributed by atoms with Crippen LogP contribution in [0.3, 0.4) is 0 Å². The lowest BCUT2D eigenvalue weighted by Crippen LogP contribution is -2.60. The van der Waals surface area contributed by atoms with Gasteiger partial charge in [-0.3, -0.25) is 19.9 Å². The normalized spacial score (nSPS) is 41.4. The van der Waals surface area contributed by atoms with Gasteiger partial charge in [-0.25, -0.2) is 0 Å². The Hall–Kier alpha value is -0.440. The van der Waals surface area contributed by atoms with E-state index in [0.29, 0.717) is 17.5 Å². The van der Waals surface area contributed by atoms with Crippen LogP contribution in [0.2, 0.25) is 0 Å². The summed E-state index contributed by atoms with van der Waals surface area (Å²) in [5.74, 6) is 0.571. The van der Waals surface area contributed by atoms with Gasteiger partial charge in [0, 0.05) is 43.8 Å². The Morgan fingerprint density at radius 2 is 1.90 bits per heavy atom. The second-order valence-electron chi connectivity index (χ2n) is 9.29. The van der Waals surface area contributed by atoms with Crippen LogP contribution in [-0.2, 0) is 14.3 Å². The number of hydrogen-bond donors (Lipinski definition) is 2. The average molecular weight is 430 g/mol. The molecule has 1 aliphatic carbocycles. The third kappa shape index (κ3) is 5.08. The Morgan fingerprint density at radius 3 is 2.59 bits per heavy atom. The molecule has 0 amide bonds. The lowest BCUT2D eigenvalue weighted by atomic mass is 9.87. The summed E-state index contributed by atoms with van der Waals surface area (Å²) in [6.45, 7) is 3.66. The van der Waals surface area contributed by atoms with Crippen LogP contribution in [0.4, 0.5) is 0 Å². The zero-order chi connectivity index (χ0) is 20.4.